The molecule has 0 aromatic heterocycles. The van der Waals surface area contributed by atoms with Crippen molar-refractivity contribution in [2.24, 2.45) is 11.8 Å². The average molecular weight is 1130 g/mol. The topological polar surface area (TPSA) is 337 Å². The second kappa shape index (κ2) is 30.8. The molecule has 2 aliphatic heterocycles. The molecule has 2 heterocycles. The van der Waals surface area contributed by atoms with Gasteiger partial charge in [-0.3, -0.25) is 43.2 Å². The van der Waals surface area contributed by atoms with Gasteiger partial charge in [-0.1, -0.05) is 84.0 Å². The van der Waals surface area contributed by atoms with E-state index < -0.39 is 144 Å². The minimum atomic E-state index is -1.93. The van der Waals surface area contributed by atoms with Crippen molar-refractivity contribution in [1.82, 2.24) is 47.0 Å². The van der Waals surface area contributed by atoms with Crippen molar-refractivity contribution in [2.75, 3.05) is 7.05 Å². The van der Waals surface area contributed by atoms with Crippen LogP contribution in [0, 0.1) is 11.8 Å². The average Bonchev–Trinajstić information content (AvgIpc) is 3.40. The highest BCUT2D eigenvalue weighted by molar-refractivity contribution is 5.99. The van der Waals surface area contributed by atoms with Gasteiger partial charge in [0.05, 0.1) is 0 Å². The smallest absolute Gasteiger partial charge is 0.329 e. The molecular weight excluding hydrogens is 1050 g/mol. The lowest BCUT2D eigenvalue weighted by molar-refractivity contribution is -0.165. The number of nitrogens with one attached hydrogen (secondary N) is 7. The van der Waals surface area contributed by atoms with Crippen LogP contribution < -0.4 is 37.2 Å². The number of benzene rings is 2. The zero-order valence-corrected chi connectivity index (χ0v) is 48.2. The lowest BCUT2D eigenvalue weighted by Crippen LogP contribution is -2.65. The van der Waals surface area contributed by atoms with Gasteiger partial charge in [0.15, 0.2) is 0 Å². The summed E-state index contributed by atoms with van der Waals surface area (Å²) < 4.78 is 11.6. The molecule has 2 fully saturated rings. The van der Waals surface area contributed by atoms with Gasteiger partial charge in [0.1, 0.15) is 78.6 Å². The monoisotopic (exact) mass is 1130 g/mol. The molecule has 81 heavy (non-hydrogen) atoms. The fourth-order valence-corrected chi connectivity index (χ4v) is 9.37. The Hall–Kier alpha value is -7.63. The van der Waals surface area contributed by atoms with E-state index in [1.54, 1.807) is 71.9 Å². The number of phenols is 1. The van der Waals surface area contributed by atoms with Crippen LogP contribution in [0.4, 0.5) is 0 Å². The number of ether oxygens (including phenoxy) is 2. The van der Waals surface area contributed by atoms with E-state index in [1.165, 1.54) is 59.0 Å². The Morgan fingerprint density at radius 2 is 1.28 bits per heavy atom. The van der Waals surface area contributed by atoms with Crippen LogP contribution in [-0.4, -0.2) is 165 Å². The van der Waals surface area contributed by atoms with E-state index in [9.17, 15) is 58.2 Å². The van der Waals surface area contributed by atoms with E-state index >= 15 is 4.79 Å². The number of fused-ring (bicyclic) bond motifs is 2. The van der Waals surface area contributed by atoms with Crippen molar-refractivity contribution in [3.05, 3.63) is 65.7 Å². The second-order valence-corrected chi connectivity index (χ2v) is 21.7. The van der Waals surface area contributed by atoms with Crippen molar-refractivity contribution in [2.45, 2.75) is 200 Å². The van der Waals surface area contributed by atoms with Crippen LogP contribution >= 0.6 is 0 Å². The Morgan fingerprint density at radius 1 is 0.704 bits per heavy atom. The van der Waals surface area contributed by atoms with E-state index in [0.29, 0.717) is 24.0 Å². The number of carbonyl (C=O) groups is 11. The van der Waals surface area contributed by atoms with Crippen LogP contribution in [0.15, 0.2) is 54.6 Å². The van der Waals surface area contributed by atoms with E-state index in [1.807, 2.05) is 0 Å². The molecule has 2 aromatic carbocycles. The maximum absolute atomic E-state index is 15.2. The molecule has 4 rings (SSSR count). The normalized spacial score (nSPS) is 23.9. The number of carbonyl (C=O) groups excluding carboxylic acids is 11. The number of aliphatic hydroxyl groups is 1. The number of nitrogens with zero attached hydrogens (tertiary/aromatic N) is 2. The van der Waals surface area contributed by atoms with Gasteiger partial charge in [-0.05, 0) is 94.9 Å². The third kappa shape index (κ3) is 19.0. The molecular formula is C57H83N9O15. The number of likely N-dealkylation sites (N-methyl/N-ethyl adjacent to an activating group) is 1. The Bertz CT molecular complexity index is 2550. The number of hydrogen-bond donors (Lipinski definition) is 9. The molecule has 0 aliphatic carbocycles. The zero-order valence-electron chi connectivity index (χ0n) is 48.2. The quantitative estimate of drug-likeness (QED) is 0.0833. The highest BCUT2D eigenvalue weighted by Gasteiger charge is 2.46. The third-order valence-electron chi connectivity index (χ3n) is 14.0. The molecule has 0 saturated carbocycles. The molecule has 0 spiro atoms. The summed E-state index contributed by atoms with van der Waals surface area (Å²) in [5, 5.41) is 39.8. The number of rotatable bonds is 20. The van der Waals surface area contributed by atoms with Gasteiger partial charge < -0.3 is 66.7 Å². The molecule has 2 aromatic rings. The van der Waals surface area contributed by atoms with Crippen LogP contribution in [0.2, 0.25) is 0 Å². The number of aliphatic hydroxyl groups excluding tert-OH is 1. The van der Waals surface area contributed by atoms with E-state index in [0.717, 1.165) is 9.80 Å². The first-order valence-corrected chi connectivity index (χ1v) is 27.8. The number of aromatic hydroxyl groups is 1. The van der Waals surface area contributed by atoms with E-state index in [2.05, 4.69) is 37.2 Å². The minimum absolute atomic E-state index is 0.0519. The lowest BCUT2D eigenvalue weighted by Gasteiger charge is -2.43. The first-order chi connectivity index (χ1) is 38.2. The summed E-state index contributed by atoms with van der Waals surface area (Å²) in [4.78, 5) is 158. The van der Waals surface area contributed by atoms with Crippen LogP contribution in [0.25, 0.3) is 0 Å². The zero-order chi connectivity index (χ0) is 60.4. The fourth-order valence-electron chi connectivity index (χ4n) is 9.37. The number of amides is 9. The minimum Gasteiger partial charge on any atom is -0.508 e. The Labute approximate surface area is 473 Å². The van der Waals surface area contributed by atoms with Crippen molar-refractivity contribution in [3.8, 4) is 5.75 Å². The first kappa shape index (κ1) is 65.9. The SMILES string of the molecule is CCCC(=O)NC(C)C(=O)NC(C(=O)NC1C(=O)NC(CC(C)C)C(=O)NC2CCC(O)N(C2=O)C(Cc2ccccc2)C(=O)N(C)C(Cc2ccc(O)cc2)C(=O)NC(C(C)C)C(=O)OC1C)C(C)OC(=O)C(C)NC(=O)CCC. The van der Waals surface area contributed by atoms with Gasteiger partial charge in [0, 0.05) is 32.7 Å². The Morgan fingerprint density at radius 3 is 1.86 bits per heavy atom. The molecule has 0 radical (unpaired) electrons. The summed E-state index contributed by atoms with van der Waals surface area (Å²) >= 11 is 0. The van der Waals surface area contributed by atoms with Crippen molar-refractivity contribution >= 4 is 65.1 Å². The van der Waals surface area contributed by atoms with Crippen LogP contribution in [0.5, 0.6) is 5.75 Å². The van der Waals surface area contributed by atoms with E-state index in [4.69, 9.17) is 9.47 Å². The fraction of sp³-hybridized carbons (Fsp3) is 0.596. The summed E-state index contributed by atoms with van der Waals surface area (Å²) in [6, 6.07) is 1.05. The van der Waals surface area contributed by atoms with Crippen molar-refractivity contribution in [1.29, 1.82) is 0 Å². The van der Waals surface area contributed by atoms with Gasteiger partial charge >= 0.3 is 11.9 Å². The summed E-state index contributed by atoms with van der Waals surface area (Å²) in [7, 11) is 1.34. The molecule has 2 aliphatic rings. The molecule has 24 nitrogen and oxygen atoms in total. The van der Waals surface area contributed by atoms with Crippen molar-refractivity contribution < 1.29 is 72.4 Å². The number of esters is 2. The number of cyclic esters (lactones) is 1. The lowest BCUT2D eigenvalue weighted by atomic mass is 9.95. The predicted octanol–water partition coefficient (Wildman–Crippen LogP) is 0.927. The van der Waals surface area contributed by atoms with E-state index in [-0.39, 0.29) is 56.6 Å². The highest BCUT2D eigenvalue weighted by Crippen LogP contribution is 2.26. The molecule has 9 N–H and O–H groups in total. The summed E-state index contributed by atoms with van der Waals surface area (Å²) in [6.45, 7) is 15.4. The number of phenolic OH excluding ortho intramolecular Hbond substituents is 1. The second-order valence-electron chi connectivity index (χ2n) is 21.7. The number of piperidine rings is 1. The van der Waals surface area contributed by atoms with Gasteiger partial charge in [0.25, 0.3) is 0 Å². The van der Waals surface area contributed by atoms with Crippen LogP contribution in [0.1, 0.15) is 125 Å². The van der Waals surface area contributed by atoms with Crippen LogP contribution in [-0.2, 0) is 75.1 Å². The maximum Gasteiger partial charge on any atom is 0.329 e. The Kier molecular flexibility index (Phi) is 25.1. The molecule has 446 valence electrons. The maximum atomic E-state index is 15.2. The molecule has 2 bridgehead atoms. The molecule has 9 amide bonds. The Balaban J connectivity index is 1.88. The highest BCUT2D eigenvalue weighted by atomic mass is 16.6. The van der Waals surface area contributed by atoms with Gasteiger partial charge in [-0.15, -0.1) is 0 Å². The molecule has 12 atom stereocenters. The summed E-state index contributed by atoms with van der Waals surface area (Å²) in [6.07, 6.45) is -4.23. The summed E-state index contributed by atoms with van der Waals surface area (Å²) in [5.41, 5.74) is 1.06. The third-order valence-corrected chi connectivity index (χ3v) is 14.0. The first-order valence-electron chi connectivity index (χ1n) is 27.8. The summed E-state index contributed by atoms with van der Waals surface area (Å²) in [5.74, 6) is -10.7. The van der Waals surface area contributed by atoms with Gasteiger partial charge in [0.2, 0.25) is 53.2 Å². The number of hydrogen-bond acceptors (Lipinski definition) is 15. The van der Waals surface area contributed by atoms with Gasteiger partial charge in [-0.2, -0.15) is 0 Å². The van der Waals surface area contributed by atoms with Crippen molar-refractivity contribution in [3.63, 3.8) is 0 Å². The standard InChI is InChI=1S/C57H83N9O15/c1-12-17-43(68)58-32(7)49(71)63-48(34(9)80-56(78)33(8)59-44(69)18-13-2)53(75)64-47-35(10)81-57(79)46(31(5)6)62-51(73)41(28-37-21-23-38(67)24-22-37)65(11)55(77)42(29-36-19-15-14-16-20-36)66-45(70)26-25-39(54(66)76)60-50(72)40(27-30(3)4)61-52(47)74/h14-16,19-24,30-35,39-42,45-48,67,70H,12-13,17-18,25-29H2,1-11H3,(H,58,68)(H,59,69)(H,60,72)(H,61,74)(H,62,73)(H,63,71)(H,64,75). The van der Waals surface area contributed by atoms with Crippen LogP contribution in [0.3, 0.4) is 0 Å². The predicted molar refractivity (Wildman–Crippen MR) is 294 cm³/mol. The molecule has 2 saturated heterocycles. The molecule has 24 heteroatoms. The van der Waals surface area contributed by atoms with Gasteiger partial charge in [-0.25, -0.2) is 9.59 Å². The largest absolute Gasteiger partial charge is 0.508 e. The molecule has 12 unspecified atom stereocenters.